The lowest BCUT2D eigenvalue weighted by Gasteiger charge is -2.35. The van der Waals surface area contributed by atoms with E-state index in [0.717, 1.165) is 12.2 Å². The summed E-state index contributed by atoms with van der Waals surface area (Å²) in [5.41, 5.74) is 0. The Kier molecular flexibility index (Phi) is 27.5. The number of nitrogens with zero attached hydrogens (tertiary/aromatic N) is 2. The highest BCUT2D eigenvalue weighted by molar-refractivity contribution is 4.86. The van der Waals surface area contributed by atoms with Gasteiger partial charge in [0.05, 0.1) is 6.17 Å². The van der Waals surface area contributed by atoms with Crippen LogP contribution in [0.2, 0.25) is 0 Å². The lowest BCUT2D eigenvalue weighted by Crippen LogP contribution is -2.44. The Balaban J connectivity index is 2.09. The first-order chi connectivity index (χ1) is 19.8. The Morgan fingerprint density at radius 1 is 0.450 bits per heavy atom. The largest absolute Gasteiger partial charge is 0.287 e. The van der Waals surface area contributed by atoms with Gasteiger partial charge in [0, 0.05) is 19.1 Å². The quantitative estimate of drug-likeness (QED) is 0.0775. The molecule has 2 unspecified atom stereocenters. The fourth-order valence-corrected chi connectivity index (χ4v) is 7.24. The van der Waals surface area contributed by atoms with Crippen LogP contribution < -0.4 is 0 Å². The van der Waals surface area contributed by atoms with Crippen molar-refractivity contribution in [3.8, 4) is 0 Å². The third-order valence-electron chi connectivity index (χ3n) is 10.0. The van der Waals surface area contributed by atoms with Gasteiger partial charge in [0.1, 0.15) is 0 Å². The molecule has 1 fully saturated rings. The standard InChI is InChI=1S/C38H78N2/c1-5-9-11-13-15-17-19-21-23-25-27-29-31-33-37(7-3)40-36-35-39(8-4)38(40)34-32-30-28-26-24-22-20-18-16-14-12-10-6-2/h37-38H,5-36H2,1-4H3. The summed E-state index contributed by atoms with van der Waals surface area (Å²) in [5.74, 6) is 0. The molecule has 0 aliphatic carbocycles. The average molecular weight is 563 g/mol. The van der Waals surface area contributed by atoms with E-state index in [2.05, 4.69) is 37.5 Å². The van der Waals surface area contributed by atoms with Gasteiger partial charge in [-0.25, -0.2) is 0 Å². The molecule has 1 rings (SSSR count). The molecule has 2 atom stereocenters. The summed E-state index contributed by atoms with van der Waals surface area (Å²) in [6.45, 7) is 13.3. The molecule has 2 nitrogen and oxygen atoms in total. The van der Waals surface area contributed by atoms with Gasteiger partial charge < -0.3 is 0 Å². The minimum Gasteiger partial charge on any atom is -0.287 e. The van der Waals surface area contributed by atoms with Crippen LogP contribution in [0, 0.1) is 0 Å². The zero-order chi connectivity index (χ0) is 28.9. The zero-order valence-corrected chi connectivity index (χ0v) is 28.7. The van der Waals surface area contributed by atoms with Gasteiger partial charge in [-0.05, 0) is 25.8 Å². The fraction of sp³-hybridized carbons (Fsp3) is 1.00. The van der Waals surface area contributed by atoms with Gasteiger partial charge in [0.2, 0.25) is 0 Å². The first-order valence-electron chi connectivity index (χ1n) is 19.3. The summed E-state index contributed by atoms with van der Waals surface area (Å²) in [5, 5.41) is 0. The predicted octanol–water partition coefficient (Wildman–Crippen LogP) is 12.7. The smallest absolute Gasteiger partial charge is 0.0625 e. The van der Waals surface area contributed by atoms with Crippen LogP contribution in [0.3, 0.4) is 0 Å². The number of hydrogen-bond acceptors (Lipinski definition) is 2. The molecule has 1 aliphatic rings. The second kappa shape index (κ2) is 29.0. The molecule has 0 aromatic rings. The minimum absolute atomic E-state index is 0.727. The number of unbranched alkanes of at least 4 members (excludes halogenated alkanes) is 24. The number of hydrogen-bond donors (Lipinski definition) is 0. The first kappa shape index (κ1) is 37.9. The maximum Gasteiger partial charge on any atom is 0.0625 e. The van der Waals surface area contributed by atoms with Crippen molar-refractivity contribution < 1.29 is 0 Å². The monoisotopic (exact) mass is 563 g/mol. The minimum atomic E-state index is 0.727. The molecule has 1 saturated heterocycles. The van der Waals surface area contributed by atoms with Crippen molar-refractivity contribution in [2.45, 2.75) is 226 Å². The van der Waals surface area contributed by atoms with E-state index in [1.165, 1.54) is 206 Å². The molecule has 40 heavy (non-hydrogen) atoms. The van der Waals surface area contributed by atoms with E-state index < -0.39 is 0 Å². The molecular formula is C38H78N2. The van der Waals surface area contributed by atoms with Gasteiger partial charge in [-0.2, -0.15) is 0 Å². The highest BCUT2D eigenvalue weighted by Gasteiger charge is 2.33. The molecule has 0 bridgehead atoms. The molecule has 0 radical (unpaired) electrons. The molecule has 0 spiro atoms. The van der Waals surface area contributed by atoms with E-state index in [0.29, 0.717) is 0 Å². The SMILES string of the molecule is CCCCCCCCCCCCCCCC(CC)N1CCN(CC)C1CCCCCCCCCCCCCCC. The normalized spacial score (nSPS) is 17.2. The van der Waals surface area contributed by atoms with Crippen LogP contribution in [0.1, 0.15) is 214 Å². The molecule has 1 aliphatic heterocycles. The number of likely N-dealkylation sites (N-methyl/N-ethyl adjacent to an activating group) is 1. The third kappa shape index (κ3) is 19.9. The van der Waals surface area contributed by atoms with Crippen LogP contribution >= 0.6 is 0 Å². The summed E-state index contributed by atoms with van der Waals surface area (Å²) < 4.78 is 0. The van der Waals surface area contributed by atoms with E-state index >= 15 is 0 Å². The Bertz CT molecular complexity index is 492. The van der Waals surface area contributed by atoms with Crippen LogP contribution in [-0.2, 0) is 0 Å². The molecular weight excluding hydrogens is 484 g/mol. The predicted molar refractivity (Wildman–Crippen MR) is 182 cm³/mol. The number of rotatable bonds is 31. The average Bonchev–Trinajstić information content (AvgIpc) is 3.38. The van der Waals surface area contributed by atoms with E-state index in [1.54, 1.807) is 0 Å². The highest BCUT2D eigenvalue weighted by atomic mass is 15.4. The Hall–Kier alpha value is -0.0800. The maximum absolute atomic E-state index is 2.94. The summed E-state index contributed by atoms with van der Waals surface area (Å²) >= 11 is 0. The second-order valence-electron chi connectivity index (χ2n) is 13.5. The molecule has 0 N–H and O–H groups in total. The summed E-state index contributed by atoms with van der Waals surface area (Å²) in [7, 11) is 0. The van der Waals surface area contributed by atoms with Crippen molar-refractivity contribution in [1.29, 1.82) is 0 Å². The van der Waals surface area contributed by atoms with Crippen LogP contribution in [0.25, 0.3) is 0 Å². The van der Waals surface area contributed by atoms with Gasteiger partial charge in [-0.15, -0.1) is 0 Å². The lowest BCUT2D eigenvalue weighted by atomic mass is 10.0. The van der Waals surface area contributed by atoms with Gasteiger partial charge in [0.15, 0.2) is 0 Å². The Morgan fingerprint density at radius 3 is 1.20 bits per heavy atom. The van der Waals surface area contributed by atoms with E-state index in [1.807, 2.05) is 0 Å². The highest BCUT2D eigenvalue weighted by Crippen LogP contribution is 2.27. The van der Waals surface area contributed by atoms with Crippen LogP contribution in [0.5, 0.6) is 0 Å². The fourth-order valence-electron chi connectivity index (χ4n) is 7.24. The van der Waals surface area contributed by atoms with Gasteiger partial charge in [0.25, 0.3) is 0 Å². The lowest BCUT2D eigenvalue weighted by molar-refractivity contribution is 0.0832. The molecule has 240 valence electrons. The van der Waals surface area contributed by atoms with Gasteiger partial charge in [-0.1, -0.05) is 195 Å². The van der Waals surface area contributed by atoms with Crippen molar-refractivity contribution in [3.05, 3.63) is 0 Å². The van der Waals surface area contributed by atoms with Crippen LogP contribution in [0.4, 0.5) is 0 Å². The van der Waals surface area contributed by atoms with Crippen LogP contribution in [0.15, 0.2) is 0 Å². The summed E-state index contributed by atoms with van der Waals surface area (Å²) in [4.78, 5) is 5.72. The second-order valence-corrected chi connectivity index (χ2v) is 13.5. The first-order valence-corrected chi connectivity index (χ1v) is 19.3. The van der Waals surface area contributed by atoms with Crippen molar-refractivity contribution in [2.24, 2.45) is 0 Å². The van der Waals surface area contributed by atoms with Crippen molar-refractivity contribution >= 4 is 0 Å². The molecule has 2 heteroatoms. The van der Waals surface area contributed by atoms with Crippen molar-refractivity contribution in [1.82, 2.24) is 9.80 Å². The summed E-state index contributed by atoms with van der Waals surface area (Å²) in [6, 6.07) is 0.816. The topological polar surface area (TPSA) is 6.48 Å². The van der Waals surface area contributed by atoms with E-state index in [-0.39, 0.29) is 0 Å². The van der Waals surface area contributed by atoms with Crippen molar-refractivity contribution in [2.75, 3.05) is 19.6 Å². The summed E-state index contributed by atoms with van der Waals surface area (Å²) in [6.07, 6.45) is 42.8. The van der Waals surface area contributed by atoms with Crippen molar-refractivity contribution in [3.63, 3.8) is 0 Å². The Labute approximate surface area is 255 Å². The maximum atomic E-state index is 2.94. The zero-order valence-electron chi connectivity index (χ0n) is 28.7. The van der Waals surface area contributed by atoms with E-state index in [9.17, 15) is 0 Å². The molecule has 0 amide bonds. The molecule has 0 saturated carbocycles. The molecule has 0 aromatic heterocycles. The Morgan fingerprint density at radius 2 is 0.825 bits per heavy atom. The van der Waals surface area contributed by atoms with Gasteiger partial charge in [-0.3, -0.25) is 9.80 Å². The van der Waals surface area contributed by atoms with E-state index in [4.69, 9.17) is 0 Å². The molecule has 0 aromatic carbocycles. The van der Waals surface area contributed by atoms with Crippen LogP contribution in [-0.4, -0.2) is 41.6 Å². The molecule has 1 heterocycles. The third-order valence-corrected chi connectivity index (χ3v) is 10.0. The van der Waals surface area contributed by atoms with Gasteiger partial charge >= 0.3 is 0 Å².